The Hall–Kier alpha value is -1.57. The third-order valence-corrected chi connectivity index (χ3v) is 2.59. The molecule has 1 aromatic rings. The first-order chi connectivity index (χ1) is 8.22. The van der Waals surface area contributed by atoms with Gasteiger partial charge in [-0.2, -0.15) is 5.26 Å². The van der Waals surface area contributed by atoms with Gasteiger partial charge in [0.1, 0.15) is 6.07 Å². The highest BCUT2D eigenvalue weighted by Gasteiger charge is 2.09. The van der Waals surface area contributed by atoms with Crippen molar-refractivity contribution in [1.82, 2.24) is 0 Å². The van der Waals surface area contributed by atoms with E-state index in [-0.39, 0.29) is 6.10 Å². The van der Waals surface area contributed by atoms with E-state index < -0.39 is 0 Å². The minimum absolute atomic E-state index is 0.0221. The van der Waals surface area contributed by atoms with Crippen LogP contribution in [0.25, 0.3) is 0 Å². The number of nitriles is 1. The van der Waals surface area contributed by atoms with Gasteiger partial charge in [-0.1, -0.05) is 12.1 Å². The number of aryl methyl sites for hydroxylation is 1. The highest BCUT2D eigenvalue weighted by atomic mass is 16.5. The van der Waals surface area contributed by atoms with E-state index in [9.17, 15) is 0 Å². The van der Waals surface area contributed by atoms with E-state index in [0.717, 1.165) is 11.3 Å². The minimum atomic E-state index is -0.0221. The molecule has 17 heavy (non-hydrogen) atoms. The van der Waals surface area contributed by atoms with Gasteiger partial charge in [0.15, 0.2) is 0 Å². The van der Waals surface area contributed by atoms with Gasteiger partial charge >= 0.3 is 0 Å². The molecule has 0 spiro atoms. The quantitative estimate of drug-likeness (QED) is 0.817. The number of nitrogens with one attached hydrogen (secondary N) is 1. The van der Waals surface area contributed by atoms with E-state index >= 15 is 0 Å². The summed E-state index contributed by atoms with van der Waals surface area (Å²) in [7, 11) is 3.29. The zero-order valence-corrected chi connectivity index (χ0v) is 10.5. The number of ether oxygens (including phenoxy) is 2. The zero-order valence-electron chi connectivity index (χ0n) is 10.5. The number of rotatable bonds is 6. The number of anilines is 1. The Kier molecular flexibility index (Phi) is 5.47. The summed E-state index contributed by atoms with van der Waals surface area (Å²) in [6, 6.07) is 7.83. The summed E-state index contributed by atoms with van der Waals surface area (Å²) in [6.07, 6.45) is -0.0221. The van der Waals surface area contributed by atoms with Crippen molar-refractivity contribution < 1.29 is 9.47 Å². The fourth-order valence-electron chi connectivity index (χ4n) is 1.61. The number of benzene rings is 1. The van der Waals surface area contributed by atoms with Gasteiger partial charge in [-0.25, -0.2) is 0 Å². The Morgan fingerprint density at radius 3 is 2.76 bits per heavy atom. The van der Waals surface area contributed by atoms with Crippen LogP contribution in [0.5, 0.6) is 0 Å². The third kappa shape index (κ3) is 3.74. The Morgan fingerprint density at radius 2 is 2.18 bits per heavy atom. The average Bonchev–Trinajstić information content (AvgIpc) is 2.35. The third-order valence-electron chi connectivity index (χ3n) is 2.59. The lowest BCUT2D eigenvalue weighted by molar-refractivity contribution is 0.0365. The number of para-hydroxylation sites is 1. The second-order valence-electron chi connectivity index (χ2n) is 3.80. The zero-order chi connectivity index (χ0) is 12.7. The summed E-state index contributed by atoms with van der Waals surface area (Å²) < 4.78 is 10.3. The molecule has 0 saturated heterocycles. The van der Waals surface area contributed by atoms with Gasteiger partial charge in [-0.15, -0.1) is 0 Å². The number of methoxy groups -OCH3 is 2. The molecule has 0 saturated carbocycles. The monoisotopic (exact) mass is 234 g/mol. The molecule has 0 radical (unpaired) electrons. The van der Waals surface area contributed by atoms with Crippen molar-refractivity contribution in [2.24, 2.45) is 0 Å². The summed E-state index contributed by atoms with van der Waals surface area (Å²) in [5.74, 6) is 0. The smallest absolute Gasteiger partial charge is 0.101 e. The van der Waals surface area contributed by atoms with Crippen LogP contribution in [-0.2, 0) is 9.47 Å². The number of hydrogen-bond acceptors (Lipinski definition) is 4. The summed E-state index contributed by atoms with van der Waals surface area (Å²) >= 11 is 0. The van der Waals surface area contributed by atoms with Crippen molar-refractivity contribution in [2.75, 3.05) is 32.7 Å². The molecule has 1 N–H and O–H groups in total. The molecule has 0 aliphatic rings. The number of nitrogens with zero attached hydrogens (tertiary/aromatic N) is 1. The van der Waals surface area contributed by atoms with Crippen LogP contribution in [0.2, 0.25) is 0 Å². The molecule has 1 unspecified atom stereocenters. The predicted octanol–water partition coefficient (Wildman–Crippen LogP) is 1.94. The normalized spacial score (nSPS) is 11.9. The van der Waals surface area contributed by atoms with Crippen molar-refractivity contribution in [2.45, 2.75) is 13.0 Å². The Bertz CT molecular complexity index is 399. The van der Waals surface area contributed by atoms with Crippen molar-refractivity contribution in [3.05, 3.63) is 29.3 Å². The molecule has 1 atom stereocenters. The molecule has 4 heteroatoms. The molecule has 0 heterocycles. The second-order valence-corrected chi connectivity index (χ2v) is 3.80. The van der Waals surface area contributed by atoms with E-state index in [4.69, 9.17) is 14.7 Å². The molecule has 0 aliphatic heterocycles. The maximum absolute atomic E-state index is 9.02. The van der Waals surface area contributed by atoms with Gasteiger partial charge < -0.3 is 14.8 Å². The lowest BCUT2D eigenvalue weighted by Gasteiger charge is -2.17. The molecule has 0 aliphatic carbocycles. The second kappa shape index (κ2) is 6.89. The molecule has 4 nitrogen and oxygen atoms in total. The van der Waals surface area contributed by atoms with Crippen LogP contribution in [0.3, 0.4) is 0 Å². The Balaban J connectivity index is 2.71. The van der Waals surface area contributed by atoms with Crippen molar-refractivity contribution in [3.8, 4) is 6.07 Å². The lowest BCUT2D eigenvalue weighted by Crippen LogP contribution is -2.27. The van der Waals surface area contributed by atoms with Crippen LogP contribution in [0, 0.1) is 18.3 Å². The molecule has 0 aromatic heterocycles. The van der Waals surface area contributed by atoms with Crippen LogP contribution >= 0.6 is 0 Å². The van der Waals surface area contributed by atoms with E-state index in [1.807, 2.05) is 19.1 Å². The van der Waals surface area contributed by atoms with Crippen LogP contribution in [0.15, 0.2) is 18.2 Å². The summed E-state index contributed by atoms with van der Waals surface area (Å²) in [5.41, 5.74) is 2.57. The van der Waals surface area contributed by atoms with Gasteiger partial charge in [0, 0.05) is 20.8 Å². The minimum Gasteiger partial charge on any atom is -0.382 e. The Labute approximate surface area is 102 Å². The van der Waals surface area contributed by atoms with E-state index in [0.29, 0.717) is 18.7 Å². The standard InChI is InChI=1S/C13H18N2O2/c1-10-5-4-6-11(7-14)13(10)15-8-12(17-3)9-16-2/h4-6,12,15H,8-9H2,1-3H3. The first kappa shape index (κ1) is 13.5. The number of hydrogen-bond donors (Lipinski definition) is 1. The van der Waals surface area contributed by atoms with E-state index in [1.54, 1.807) is 20.3 Å². The van der Waals surface area contributed by atoms with Crippen molar-refractivity contribution in [1.29, 1.82) is 5.26 Å². The molecule has 0 fully saturated rings. The fourth-order valence-corrected chi connectivity index (χ4v) is 1.61. The van der Waals surface area contributed by atoms with Crippen LogP contribution < -0.4 is 5.32 Å². The van der Waals surface area contributed by atoms with Gasteiger partial charge in [0.05, 0.1) is 24.0 Å². The molecular formula is C13H18N2O2. The van der Waals surface area contributed by atoms with Gasteiger partial charge in [0.2, 0.25) is 0 Å². The van der Waals surface area contributed by atoms with Crippen LogP contribution in [0.4, 0.5) is 5.69 Å². The highest BCUT2D eigenvalue weighted by Crippen LogP contribution is 2.19. The largest absolute Gasteiger partial charge is 0.382 e. The van der Waals surface area contributed by atoms with Crippen molar-refractivity contribution in [3.63, 3.8) is 0 Å². The summed E-state index contributed by atoms with van der Waals surface area (Å²) in [4.78, 5) is 0. The fraction of sp³-hybridized carbons (Fsp3) is 0.462. The molecule has 1 rings (SSSR count). The van der Waals surface area contributed by atoms with Gasteiger partial charge in [-0.3, -0.25) is 0 Å². The Morgan fingerprint density at radius 1 is 1.41 bits per heavy atom. The maximum atomic E-state index is 9.02. The molecule has 92 valence electrons. The molecule has 1 aromatic carbocycles. The van der Waals surface area contributed by atoms with Gasteiger partial charge in [-0.05, 0) is 18.6 Å². The van der Waals surface area contributed by atoms with Gasteiger partial charge in [0.25, 0.3) is 0 Å². The van der Waals surface area contributed by atoms with Crippen molar-refractivity contribution >= 4 is 5.69 Å². The van der Waals surface area contributed by atoms with E-state index in [1.165, 1.54) is 0 Å². The summed E-state index contributed by atoms with van der Waals surface area (Å²) in [6.45, 7) is 3.11. The highest BCUT2D eigenvalue weighted by molar-refractivity contribution is 5.62. The molecule has 0 bridgehead atoms. The lowest BCUT2D eigenvalue weighted by atomic mass is 10.1. The average molecular weight is 234 g/mol. The first-order valence-electron chi connectivity index (χ1n) is 5.48. The topological polar surface area (TPSA) is 54.3 Å². The summed E-state index contributed by atoms with van der Waals surface area (Å²) in [5, 5.41) is 12.3. The van der Waals surface area contributed by atoms with E-state index in [2.05, 4.69) is 11.4 Å². The first-order valence-corrected chi connectivity index (χ1v) is 5.48. The predicted molar refractivity (Wildman–Crippen MR) is 67.1 cm³/mol. The van der Waals surface area contributed by atoms with Crippen LogP contribution in [-0.4, -0.2) is 33.5 Å². The molecule has 0 amide bonds. The SMILES string of the molecule is COCC(CNc1c(C)cccc1C#N)OC. The van der Waals surface area contributed by atoms with Crippen LogP contribution in [0.1, 0.15) is 11.1 Å². The molecular weight excluding hydrogens is 216 g/mol. The maximum Gasteiger partial charge on any atom is 0.101 e.